The lowest BCUT2D eigenvalue weighted by molar-refractivity contribution is -0.193. The Hall–Kier alpha value is -2.42. The van der Waals surface area contributed by atoms with Crippen LogP contribution >= 0.6 is 11.8 Å². The van der Waals surface area contributed by atoms with Gasteiger partial charge in [-0.3, -0.25) is 4.79 Å². The van der Waals surface area contributed by atoms with Crippen LogP contribution in [0.15, 0.2) is 41.8 Å². The third kappa shape index (κ3) is 3.20. The van der Waals surface area contributed by atoms with E-state index in [4.69, 9.17) is 0 Å². The lowest BCUT2D eigenvalue weighted by atomic mass is 9.97. The molecule has 3 heterocycles. The van der Waals surface area contributed by atoms with Gasteiger partial charge < -0.3 is 14.5 Å². The zero-order valence-corrected chi connectivity index (χ0v) is 15.3. The summed E-state index contributed by atoms with van der Waals surface area (Å²) in [4.78, 5) is 20.6. The molecule has 0 saturated carbocycles. The van der Waals surface area contributed by atoms with Gasteiger partial charge in [-0.25, -0.2) is 4.98 Å². The Morgan fingerprint density at radius 2 is 2.15 bits per heavy atom. The second-order valence-electron chi connectivity index (χ2n) is 6.45. The van der Waals surface area contributed by atoms with Gasteiger partial charge in [0.05, 0.1) is 11.4 Å². The number of halogens is 3. The molecule has 0 saturated heterocycles. The Bertz CT molecular complexity index is 994. The van der Waals surface area contributed by atoms with Gasteiger partial charge in [-0.15, -0.1) is 0 Å². The van der Waals surface area contributed by atoms with Crippen LogP contribution in [0.3, 0.4) is 0 Å². The molecule has 9 heteroatoms. The number of hydrogen-bond acceptors (Lipinski definition) is 3. The average molecular weight is 394 g/mol. The van der Waals surface area contributed by atoms with Gasteiger partial charge in [-0.05, 0) is 18.1 Å². The Labute approximate surface area is 157 Å². The summed E-state index contributed by atoms with van der Waals surface area (Å²) in [5, 5.41) is 1.38. The third-order valence-corrected chi connectivity index (χ3v) is 5.81. The van der Waals surface area contributed by atoms with E-state index in [9.17, 15) is 18.0 Å². The number of alkyl halides is 3. The smallest absolute Gasteiger partial charge is 0.356 e. The molecule has 3 aromatic rings. The van der Waals surface area contributed by atoms with Crippen LogP contribution in [-0.2, 0) is 18.3 Å². The number of nitrogens with zero attached hydrogens (tertiary/aromatic N) is 3. The molecule has 1 amide bonds. The van der Waals surface area contributed by atoms with E-state index < -0.39 is 18.1 Å². The highest BCUT2D eigenvalue weighted by atomic mass is 32.2. The number of carbonyl (C=O) groups is 1. The number of carbonyl (C=O) groups excluding carboxylic acids is 1. The molecule has 5 nitrogen and oxygen atoms in total. The molecule has 142 valence electrons. The minimum atomic E-state index is -4.56. The van der Waals surface area contributed by atoms with Crippen LogP contribution in [0.2, 0.25) is 0 Å². The van der Waals surface area contributed by atoms with E-state index in [1.807, 2.05) is 6.07 Å². The maximum absolute atomic E-state index is 13.9. The number of thioether (sulfide) groups is 1. The Morgan fingerprint density at radius 1 is 1.37 bits per heavy atom. The molecule has 4 rings (SSSR count). The van der Waals surface area contributed by atoms with E-state index in [-0.39, 0.29) is 18.0 Å². The zero-order valence-electron chi connectivity index (χ0n) is 14.5. The highest BCUT2D eigenvalue weighted by Crippen LogP contribution is 2.43. The Balaban J connectivity index is 1.65. The van der Waals surface area contributed by atoms with Crippen molar-refractivity contribution in [2.45, 2.75) is 23.8 Å². The van der Waals surface area contributed by atoms with Crippen LogP contribution in [0.4, 0.5) is 13.2 Å². The van der Waals surface area contributed by atoms with Crippen LogP contribution in [0.5, 0.6) is 0 Å². The zero-order chi connectivity index (χ0) is 19.2. The van der Waals surface area contributed by atoms with Crippen molar-refractivity contribution in [3.63, 3.8) is 0 Å². The molecule has 0 bridgehead atoms. The normalized spacial score (nSPS) is 17.3. The number of H-pyrrole nitrogens is 1. The van der Waals surface area contributed by atoms with E-state index in [0.29, 0.717) is 22.7 Å². The predicted molar refractivity (Wildman–Crippen MR) is 96.4 cm³/mol. The number of hydrogen-bond donors (Lipinski definition) is 1. The number of aromatic nitrogens is 3. The SMILES string of the molecule is Cn1ccnc1SCC(=O)N1CCc2c([nH]c3ccccc23)C1C(F)(F)F. The van der Waals surface area contributed by atoms with Crippen molar-refractivity contribution in [3.8, 4) is 0 Å². The van der Waals surface area contributed by atoms with Gasteiger partial charge in [0.1, 0.15) is 0 Å². The van der Waals surface area contributed by atoms with Crippen LogP contribution in [0, 0.1) is 0 Å². The minimum absolute atomic E-state index is 0.0407. The van der Waals surface area contributed by atoms with Gasteiger partial charge in [-0.1, -0.05) is 30.0 Å². The van der Waals surface area contributed by atoms with E-state index >= 15 is 0 Å². The summed E-state index contributed by atoms with van der Waals surface area (Å²) in [7, 11) is 1.77. The fraction of sp³-hybridized carbons (Fsp3) is 0.333. The van der Waals surface area contributed by atoms with Gasteiger partial charge in [0.2, 0.25) is 5.91 Å². The molecule has 0 aliphatic carbocycles. The summed E-state index contributed by atoms with van der Waals surface area (Å²) in [5.74, 6) is -0.637. The van der Waals surface area contributed by atoms with Crippen LogP contribution in [-0.4, -0.2) is 43.8 Å². The maximum atomic E-state index is 13.9. The predicted octanol–water partition coefficient (Wildman–Crippen LogP) is 3.68. The van der Waals surface area contributed by atoms with Gasteiger partial charge in [0.25, 0.3) is 0 Å². The van der Waals surface area contributed by atoms with Gasteiger partial charge in [-0.2, -0.15) is 13.2 Å². The molecule has 2 aromatic heterocycles. The molecule has 1 atom stereocenters. The number of rotatable bonds is 3. The lowest BCUT2D eigenvalue weighted by Gasteiger charge is -2.36. The van der Waals surface area contributed by atoms with Crippen molar-refractivity contribution in [1.29, 1.82) is 0 Å². The van der Waals surface area contributed by atoms with Gasteiger partial charge in [0.15, 0.2) is 11.2 Å². The molecule has 1 aliphatic heterocycles. The molecule has 27 heavy (non-hydrogen) atoms. The lowest BCUT2D eigenvalue weighted by Crippen LogP contribution is -2.47. The average Bonchev–Trinajstić information content (AvgIpc) is 3.20. The van der Waals surface area contributed by atoms with Crippen molar-refractivity contribution >= 4 is 28.6 Å². The number of para-hydroxylation sites is 1. The largest absolute Gasteiger partial charge is 0.414 e. The number of aromatic amines is 1. The fourth-order valence-corrected chi connectivity index (χ4v) is 4.37. The monoisotopic (exact) mass is 394 g/mol. The summed E-state index contributed by atoms with van der Waals surface area (Å²) >= 11 is 1.14. The van der Waals surface area contributed by atoms with Crippen molar-refractivity contribution in [2.24, 2.45) is 7.05 Å². The number of benzene rings is 1. The van der Waals surface area contributed by atoms with E-state index in [1.165, 1.54) is 0 Å². The number of nitrogens with one attached hydrogen (secondary N) is 1. The summed E-state index contributed by atoms with van der Waals surface area (Å²) in [6.45, 7) is 0.0407. The number of amides is 1. The molecule has 0 fully saturated rings. The highest BCUT2D eigenvalue weighted by molar-refractivity contribution is 7.99. The van der Waals surface area contributed by atoms with Crippen molar-refractivity contribution in [2.75, 3.05) is 12.3 Å². The number of imidazole rings is 1. The Morgan fingerprint density at radius 3 is 2.85 bits per heavy atom. The van der Waals surface area contributed by atoms with Crippen LogP contribution < -0.4 is 0 Å². The molecule has 1 aromatic carbocycles. The van der Waals surface area contributed by atoms with E-state index in [1.54, 1.807) is 42.2 Å². The van der Waals surface area contributed by atoms with Crippen molar-refractivity contribution in [1.82, 2.24) is 19.4 Å². The summed E-state index contributed by atoms with van der Waals surface area (Å²) < 4.78 is 43.4. The first-order valence-corrected chi connectivity index (χ1v) is 9.40. The molecule has 0 spiro atoms. The Kier molecular flexibility index (Phi) is 4.41. The molecule has 1 unspecified atom stereocenters. The van der Waals surface area contributed by atoms with Crippen LogP contribution in [0.25, 0.3) is 10.9 Å². The number of fused-ring (bicyclic) bond motifs is 3. The maximum Gasteiger partial charge on any atom is 0.414 e. The van der Waals surface area contributed by atoms with Crippen molar-refractivity contribution < 1.29 is 18.0 Å². The quantitative estimate of drug-likeness (QED) is 0.690. The fourth-order valence-electron chi connectivity index (χ4n) is 3.55. The molecule has 1 N–H and O–H groups in total. The second-order valence-corrected chi connectivity index (χ2v) is 7.40. The first-order valence-electron chi connectivity index (χ1n) is 8.42. The first kappa shape index (κ1) is 18.0. The van der Waals surface area contributed by atoms with E-state index in [0.717, 1.165) is 22.0 Å². The van der Waals surface area contributed by atoms with Crippen LogP contribution in [0.1, 0.15) is 17.3 Å². The van der Waals surface area contributed by atoms with Gasteiger partial charge in [0, 0.05) is 36.9 Å². The standard InChI is InChI=1S/C18H17F3N4OS/c1-24-9-7-22-17(24)27-10-14(26)25-8-6-12-11-4-2-3-5-13(11)23-15(12)16(25)18(19,20)21/h2-5,7,9,16,23H,6,8,10H2,1H3. The summed E-state index contributed by atoms with van der Waals surface area (Å²) in [6, 6.07) is 5.19. The van der Waals surface area contributed by atoms with Crippen molar-refractivity contribution in [3.05, 3.63) is 47.9 Å². The molecular weight excluding hydrogens is 377 g/mol. The van der Waals surface area contributed by atoms with E-state index in [2.05, 4.69) is 9.97 Å². The summed E-state index contributed by atoms with van der Waals surface area (Å²) in [6.07, 6.45) is -0.851. The highest BCUT2D eigenvalue weighted by Gasteiger charge is 2.50. The molecular formula is C18H17F3N4OS. The second kappa shape index (κ2) is 6.63. The minimum Gasteiger partial charge on any atom is -0.356 e. The molecule has 1 aliphatic rings. The third-order valence-electron chi connectivity index (χ3n) is 4.77. The van der Waals surface area contributed by atoms with Gasteiger partial charge >= 0.3 is 6.18 Å². The topological polar surface area (TPSA) is 53.9 Å². The first-order chi connectivity index (χ1) is 12.9. The summed E-state index contributed by atoms with van der Waals surface area (Å²) in [5.41, 5.74) is 1.38. The number of aryl methyl sites for hydroxylation is 1. The molecule has 0 radical (unpaired) electrons.